The van der Waals surface area contributed by atoms with Crippen molar-refractivity contribution in [2.45, 2.75) is 19.2 Å². The van der Waals surface area contributed by atoms with E-state index in [2.05, 4.69) is 9.31 Å². The minimum absolute atomic E-state index is 0.956. The molecule has 0 heterocycles. The lowest BCUT2D eigenvalue weighted by Crippen LogP contribution is -2.30. The van der Waals surface area contributed by atoms with Crippen LogP contribution in [0, 0.1) is 0 Å². The zero-order valence-electron chi connectivity index (χ0n) is 7.08. The van der Waals surface area contributed by atoms with Crippen LogP contribution in [0.1, 0.15) is 0 Å². The standard InChI is InChI=1S/C5H7BF6O2/c1-6(13-2-4(7,8)9)14-3-5(10,11)12/h2-3H2,1H3. The van der Waals surface area contributed by atoms with Gasteiger partial charge in [0, 0.05) is 0 Å². The first-order chi connectivity index (χ1) is 6.10. The lowest BCUT2D eigenvalue weighted by Gasteiger charge is -2.13. The van der Waals surface area contributed by atoms with E-state index >= 15 is 0 Å². The molecule has 0 rings (SSSR count). The summed E-state index contributed by atoms with van der Waals surface area (Å²) < 4.78 is 76.8. The third-order valence-electron chi connectivity index (χ3n) is 0.963. The van der Waals surface area contributed by atoms with Crippen molar-refractivity contribution in [3.63, 3.8) is 0 Å². The van der Waals surface area contributed by atoms with Crippen LogP contribution >= 0.6 is 0 Å². The van der Waals surface area contributed by atoms with Gasteiger partial charge in [0.1, 0.15) is 13.2 Å². The molecule has 0 aliphatic heterocycles. The average Bonchev–Trinajstić information content (AvgIpc) is 1.94. The van der Waals surface area contributed by atoms with Gasteiger partial charge in [0.2, 0.25) is 0 Å². The van der Waals surface area contributed by atoms with Crippen LogP contribution in [0.4, 0.5) is 26.3 Å². The molecule has 0 aliphatic carbocycles. The summed E-state index contributed by atoms with van der Waals surface area (Å²) in [4.78, 5) is 0. The van der Waals surface area contributed by atoms with Crippen molar-refractivity contribution in [3.8, 4) is 0 Å². The molecule has 0 aromatic carbocycles. The maximum absolute atomic E-state index is 11.5. The van der Waals surface area contributed by atoms with Crippen LogP contribution < -0.4 is 0 Å². The van der Waals surface area contributed by atoms with Crippen molar-refractivity contribution < 1.29 is 35.7 Å². The Bertz CT molecular complexity index is 149. The normalized spacial score (nSPS) is 13.1. The topological polar surface area (TPSA) is 18.5 Å². The van der Waals surface area contributed by atoms with Gasteiger partial charge in [-0.1, -0.05) is 0 Å². The highest BCUT2D eigenvalue weighted by Crippen LogP contribution is 2.17. The maximum Gasteiger partial charge on any atom is 0.454 e. The predicted octanol–water partition coefficient (Wildman–Crippen LogP) is 2.26. The van der Waals surface area contributed by atoms with Gasteiger partial charge in [-0.3, -0.25) is 0 Å². The van der Waals surface area contributed by atoms with E-state index in [1.165, 1.54) is 0 Å². The van der Waals surface area contributed by atoms with Gasteiger partial charge in [-0.05, 0) is 6.82 Å². The smallest absolute Gasteiger partial charge is 0.402 e. The monoisotopic (exact) mass is 224 g/mol. The molecule has 0 aromatic rings. The predicted molar refractivity (Wildman–Crippen MR) is 35.6 cm³/mol. The molecule has 2 nitrogen and oxygen atoms in total. The van der Waals surface area contributed by atoms with Crippen molar-refractivity contribution in [3.05, 3.63) is 0 Å². The maximum atomic E-state index is 11.5. The zero-order chi connectivity index (χ0) is 11.4. The van der Waals surface area contributed by atoms with Crippen LogP contribution in [-0.2, 0) is 9.31 Å². The van der Waals surface area contributed by atoms with Gasteiger partial charge in [-0.15, -0.1) is 0 Å². The average molecular weight is 224 g/mol. The molecule has 0 saturated carbocycles. The first kappa shape index (κ1) is 13.6. The van der Waals surface area contributed by atoms with Gasteiger partial charge in [0.15, 0.2) is 0 Å². The minimum Gasteiger partial charge on any atom is -0.402 e. The Morgan fingerprint density at radius 3 is 1.36 bits per heavy atom. The van der Waals surface area contributed by atoms with Gasteiger partial charge in [0.25, 0.3) is 0 Å². The Hall–Kier alpha value is -0.435. The van der Waals surface area contributed by atoms with E-state index in [9.17, 15) is 26.3 Å². The van der Waals surface area contributed by atoms with Crippen LogP contribution in [0.2, 0.25) is 6.82 Å². The quantitative estimate of drug-likeness (QED) is 0.538. The van der Waals surface area contributed by atoms with E-state index in [1.807, 2.05) is 0 Å². The van der Waals surface area contributed by atoms with E-state index in [0.29, 0.717) is 0 Å². The Kier molecular flexibility index (Phi) is 4.72. The molecule has 0 bridgehead atoms. The first-order valence-corrected chi connectivity index (χ1v) is 3.47. The highest BCUT2D eigenvalue weighted by molar-refractivity contribution is 6.42. The summed E-state index contributed by atoms with van der Waals surface area (Å²) in [6.45, 7) is -2.31. The van der Waals surface area contributed by atoms with Gasteiger partial charge in [0.05, 0.1) is 0 Å². The Morgan fingerprint density at radius 1 is 0.857 bits per heavy atom. The fourth-order valence-corrected chi connectivity index (χ4v) is 0.472. The highest BCUT2D eigenvalue weighted by Gasteiger charge is 2.32. The Labute approximate surface area is 76.3 Å². The number of halogens is 6. The number of alkyl halides is 6. The van der Waals surface area contributed by atoms with Gasteiger partial charge >= 0.3 is 19.5 Å². The summed E-state index contributed by atoms with van der Waals surface area (Å²) in [6.07, 6.45) is -9.15. The molecule has 0 spiro atoms. The van der Waals surface area contributed by atoms with Gasteiger partial charge in [-0.2, -0.15) is 26.3 Å². The molecule has 9 heteroatoms. The van der Waals surface area contributed by atoms with Crippen molar-refractivity contribution in [1.82, 2.24) is 0 Å². The van der Waals surface area contributed by atoms with Crippen LogP contribution in [0.3, 0.4) is 0 Å². The summed E-state index contributed by atoms with van der Waals surface area (Å²) >= 11 is 0. The van der Waals surface area contributed by atoms with Crippen LogP contribution in [-0.4, -0.2) is 32.7 Å². The number of hydrogen-bond acceptors (Lipinski definition) is 2. The van der Waals surface area contributed by atoms with Crippen molar-refractivity contribution in [2.24, 2.45) is 0 Å². The van der Waals surface area contributed by atoms with Gasteiger partial charge in [-0.25, -0.2) is 0 Å². The first-order valence-electron chi connectivity index (χ1n) is 3.47. The van der Waals surface area contributed by atoms with E-state index in [1.54, 1.807) is 0 Å². The fourth-order valence-electron chi connectivity index (χ4n) is 0.472. The third-order valence-corrected chi connectivity index (χ3v) is 0.963. The molecule has 0 aliphatic rings. The summed E-state index contributed by atoms with van der Waals surface area (Å²) in [5.74, 6) is 0. The Balaban J connectivity index is 3.62. The van der Waals surface area contributed by atoms with Crippen molar-refractivity contribution >= 4 is 7.12 Å². The molecule has 0 aromatic heterocycles. The molecule has 0 amide bonds. The molecule has 0 atom stereocenters. The van der Waals surface area contributed by atoms with Crippen molar-refractivity contribution in [2.75, 3.05) is 13.2 Å². The molecule has 14 heavy (non-hydrogen) atoms. The SMILES string of the molecule is CB(OCC(F)(F)F)OCC(F)(F)F. The molecule has 84 valence electrons. The number of hydrogen-bond donors (Lipinski definition) is 0. The molecule has 0 radical (unpaired) electrons. The van der Waals surface area contributed by atoms with E-state index in [4.69, 9.17) is 0 Å². The molecule has 0 fully saturated rings. The molecule has 0 N–H and O–H groups in total. The van der Waals surface area contributed by atoms with Crippen LogP contribution in [0.25, 0.3) is 0 Å². The van der Waals surface area contributed by atoms with Gasteiger partial charge < -0.3 is 9.31 Å². The third kappa shape index (κ3) is 9.65. The summed E-state index contributed by atoms with van der Waals surface area (Å²) in [5, 5.41) is 0. The van der Waals surface area contributed by atoms with Crippen LogP contribution in [0.5, 0.6) is 0 Å². The fraction of sp³-hybridized carbons (Fsp3) is 1.00. The lowest BCUT2D eigenvalue weighted by atomic mass is 9.95. The second-order valence-electron chi connectivity index (χ2n) is 2.42. The summed E-state index contributed by atoms with van der Waals surface area (Å²) in [5.41, 5.74) is 0. The van der Waals surface area contributed by atoms with Crippen LogP contribution in [0.15, 0.2) is 0 Å². The number of rotatable bonds is 4. The lowest BCUT2D eigenvalue weighted by molar-refractivity contribution is -0.168. The largest absolute Gasteiger partial charge is 0.454 e. The molecule has 0 saturated heterocycles. The summed E-state index contributed by atoms with van der Waals surface area (Å²) in [7, 11) is -1.54. The minimum atomic E-state index is -4.57. The highest BCUT2D eigenvalue weighted by atomic mass is 19.4. The molecular weight excluding hydrogens is 217 g/mol. The second-order valence-corrected chi connectivity index (χ2v) is 2.42. The van der Waals surface area contributed by atoms with Crippen molar-refractivity contribution in [1.29, 1.82) is 0 Å². The Morgan fingerprint density at radius 2 is 1.14 bits per heavy atom. The van der Waals surface area contributed by atoms with E-state index < -0.39 is 32.7 Å². The summed E-state index contributed by atoms with van der Waals surface area (Å²) in [6, 6.07) is 0. The van der Waals surface area contributed by atoms with E-state index in [0.717, 1.165) is 6.82 Å². The molecular formula is C5H7BF6O2. The molecule has 0 unspecified atom stereocenters. The van der Waals surface area contributed by atoms with E-state index in [-0.39, 0.29) is 0 Å². The second kappa shape index (κ2) is 4.88. The zero-order valence-corrected chi connectivity index (χ0v) is 7.08.